The number of ether oxygens (including phenoxy) is 2. The Kier molecular flexibility index (Phi) is 5.51. The van der Waals surface area contributed by atoms with Gasteiger partial charge < -0.3 is 9.47 Å². The summed E-state index contributed by atoms with van der Waals surface area (Å²) in [7, 11) is 0. The third-order valence-electron chi connectivity index (χ3n) is 9.57. The smallest absolute Gasteiger partial charge is 0.235 e. The molecule has 234 valence electrons. The largest absolute Gasteiger partial charge is 0.451 e. The van der Waals surface area contributed by atoms with E-state index in [4.69, 9.17) is 19.4 Å². The molecule has 0 aliphatic carbocycles. The molecule has 0 saturated heterocycles. The molecule has 5 aromatic carbocycles. The molecule has 0 saturated carbocycles. The van der Waals surface area contributed by atoms with E-state index in [2.05, 4.69) is 92.2 Å². The molecule has 0 radical (unpaired) electrons. The van der Waals surface area contributed by atoms with Crippen LogP contribution in [0.2, 0.25) is 0 Å². The average Bonchev–Trinajstić information content (AvgIpc) is 3.52. The number of para-hydroxylation sites is 2. The predicted octanol–water partition coefficient (Wildman–Crippen LogP) is 10.5. The van der Waals surface area contributed by atoms with Crippen LogP contribution in [-0.4, -0.2) is 24.5 Å². The number of fused-ring (bicyclic) bond motifs is 9. The van der Waals surface area contributed by atoms with Gasteiger partial charge in [0.15, 0.2) is 23.0 Å². The van der Waals surface area contributed by atoms with Crippen molar-refractivity contribution in [3.63, 3.8) is 0 Å². The topological polar surface area (TPSA) is 78.2 Å². The highest BCUT2D eigenvalue weighted by molar-refractivity contribution is 6.15. The molecule has 2 aliphatic heterocycles. The number of pyridine rings is 2. The Morgan fingerprint density at radius 3 is 1.98 bits per heavy atom. The fraction of sp³-hybridized carbons (Fsp3) is 0. The summed E-state index contributed by atoms with van der Waals surface area (Å²) in [5.74, 6) is 3.17. The lowest BCUT2D eigenvalue weighted by Gasteiger charge is -2.37. The van der Waals surface area contributed by atoms with E-state index in [0.717, 1.165) is 66.6 Å². The minimum atomic E-state index is 0.543. The molecule has 0 fully saturated rings. The first-order valence-electron chi connectivity index (χ1n) is 16.4. The summed E-state index contributed by atoms with van der Waals surface area (Å²) in [5.41, 5.74) is 9.35. The fourth-order valence-corrected chi connectivity index (χ4v) is 7.36. The number of hydrogen-bond acceptors (Lipinski definition) is 7. The van der Waals surface area contributed by atoms with Crippen molar-refractivity contribution in [2.24, 2.45) is 0 Å². The van der Waals surface area contributed by atoms with Crippen LogP contribution in [0.1, 0.15) is 0 Å². The highest BCUT2D eigenvalue weighted by atomic mass is 16.5. The second kappa shape index (κ2) is 10.2. The van der Waals surface area contributed by atoms with E-state index < -0.39 is 0 Å². The maximum absolute atomic E-state index is 6.83. The molecule has 0 unspecified atom stereocenters. The summed E-state index contributed by atoms with van der Waals surface area (Å²) in [6.45, 7) is 0. The van der Waals surface area contributed by atoms with Crippen molar-refractivity contribution >= 4 is 49.8 Å². The van der Waals surface area contributed by atoms with Gasteiger partial charge in [0.25, 0.3) is 0 Å². The van der Waals surface area contributed by atoms with Crippen molar-refractivity contribution in [2.45, 2.75) is 0 Å². The Hall–Kier alpha value is -7.06. The minimum Gasteiger partial charge on any atom is -0.451 e. The summed E-state index contributed by atoms with van der Waals surface area (Å²) in [6.07, 6.45) is 7.05. The number of rotatable bonds is 3. The molecule has 9 aromatic rings. The van der Waals surface area contributed by atoms with Crippen LogP contribution in [0, 0.1) is 0 Å². The van der Waals surface area contributed by atoms with Crippen molar-refractivity contribution < 1.29 is 9.47 Å². The van der Waals surface area contributed by atoms with Gasteiger partial charge in [0, 0.05) is 34.1 Å². The van der Waals surface area contributed by atoms with Gasteiger partial charge in [-0.15, -0.1) is 0 Å². The van der Waals surface area contributed by atoms with Crippen LogP contribution in [0.3, 0.4) is 0 Å². The van der Waals surface area contributed by atoms with E-state index >= 15 is 0 Å². The van der Waals surface area contributed by atoms with E-state index in [1.54, 1.807) is 24.8 Å². The van der Waals surface area contributed by atoms with Gasteiger partial charge in [-0.1, -0.05) is 91.0 Å². The lowest BCUT2D eigenvalue weighted by Crippen LogP contribution is -2.21. The summed E-state index contributed by atoms with van der Waals surface area (Å²) >= 11 is 0. The molecule has 0 N–H and O–H groups in total. The second-order valence-corrected chi connectivity index (χ2v) is 12.4. The minimum absolute atomic E-state index is 0.543. The van der Waals surface area contributed by atoms with Crippen molar-refractivity contribution in [3.05, 3.63) is 146 Å². The molecule has 0 spiro atoms. The number of aromatic nitrogens is 5. The van der Waals surface area contributed by atoms with Crippen LogP contribution < -0.4 is 14.4 Å². The van der Waals surface area contributed by atoms with Crippen molar-refractivity contribution in [1.29, 1.82) is 0 Å². The van der Waals surface area contributed by atoms with Gasteiger partial charge in [-0.05, 0) is 41.5 Å². The third kappa shape index (κ3) is 3.81. The molecule has 11 rings (SSSR count). The second-order valence-electron chi connectivity index (χ2n) is 12.4. The Balaban J connectivity index is 1.20. The first-order valence-corrected chi connectivity index (χ1v) is 16.4. The summed E-state index contributed by atoms with van der Waals surface area (Å²) in [6, 6.07) is 41.5. The molecule has 0 bridgehead atoms. The van der Waals surface area contributed by atoms with Crippen molar-refractivity contribution in [3.8, 4) is 51.3 Å². The van der Waals surface area contributed by atoms with Crippen LogP contribution in [-0.2, 0) is 0 Å². The molecule has 6 heterocycles. The van der Waals surface area contributed by atoms with Gasteiger partial charge in [0.1, 0.15) is 11.2 Å². The standard InChI is InChI=1S/C42H24N6O2/c1-2-8-25(9-3-1)26-14-16-27(17-15-26)38-29-11-4-6-12-31(29)45-42(46-38)48-32-13-7-5-10-28(32)30-22-35-40-41(39(30)48)50-37-24-44-21-19-34(37)47(40)33-18-20-43-23-36(33)49-35/h1-24H. The quantitative estimate of drug-likeness (QED) is 0.189. The maximum Gasteiger partial charge on any atom is 0.235 e. The molecule has 0 amide bonds. The van der Waals surface area contributed by atoms with E-state index in [1.807, 2.05) is 48.5 Å². The van der Waals surface area contributed by atoms with Gasteiger partial charge in [-0.3, -0.25) is 19.4 Å². The monoisotopic (exact) mass is 644 g/mol. The third-order valence-corrected chi connectivity index (χ3v) is 9.57. The molecular formula is C42H24N6O2. The Bertz CT molecular complexity index is 2820. The maximum atomic E-state index is 6.83. The SMILES string of the molecule is c1ccc(-c2ccc(-c3nc(-n4c5ccccc5c5cc6c7c(c54)Oc4cnccc4N7c4ccncc4O6)nc4ccccc34)cc2)cc1. The van der Waals surface area contributed by atoms with E-state index in [0.29, 0.717) is 28.9 Å². The highest BCUT2D eigenvalue weighted by Gasteiger charge is 2.38. The average molecular weight is 645 g/mol. The molecule has 8 nitrogen and oxygen atoms in total. The Morgan fingerprint density at radius 2 is 1.18 bits per heavy atom. The molecule has 8 heteroatoms. The van der Waals surface area contributed by atoms with E-state index in [-0.39, 0.29) is 0 Å². The lowest BCUT2D eigenvalue weighted by atomic mass is 10.0. The van der Waals surface area contributed by atoms with E-state index in [1.165, 1.54) is 5.56 Å². The van der Waals surface area contributed by atoms with Crippen LogP contribution in [0.4, 0.5) is 17.1 Å². The lowest BCUT2D eigenvalue weighted by molar-refractivity contribution is 0.446. The normalized spacial score (nSPS) is 12.7. The van der Waals surface area contributed by atoms with E-state index in [9.17, 15) is 0 Å². The van der Waals surface area contributed by atoms with Gasteiger partial charge in [-0.2, -0.15) is 0 Å². The summed E-state index contributed by atoms with van der Waals surface area (Å²) < 4.78 is 15.5. The number of anilines is 3. The zero-order valence-electron chi connectivity index (χ0n) is 26.4. The zero-order valence-corrected chi connectivity index (χ0v) is 26.4. The van der Waals surface area contributed by atoms with Crippen LogP contribution >= 0.6 is 0 Å². The molecule has 0 atom stereocenters. The number of hydrogen-bond donors (Lipinski definition) is 0. The van der Waals surface area contributed by atoms with Gasteiger partial charge >= 0.3 is 0 Å². The number of benzene rings is 5. The van der Waals surface area contributed by atoms with Crippen LogP contribution in [0.25, 0.3) is 61.0 Å². The Labute approximate surface area is 285 Å². The molecule has 4 aromatic heterocycles. The molecule has 2 aliphatic rings. The number of nitrogens with zero attached hydrogens (tertiary/aromatic N) is 6. The predicted molar refractivity (Wildman–Crippen MR) is 195 cm³/mol. The first-order chi connectivity index (χ1) is 24.8. The van der Waals surface area contributed by atoms with Gasteiger partial charge in [0.05, 0.1) is 40.5 Å². The summed E-state index contributed by atoms with van der Waals surface area (Å²) in [4.78, 5) is 21.5. The zero-order chi connectivity index (χ0) is 32.8. The summed E-state index contributed by atoms with van der Waals surface area (Å²) in [5, 5.41) is 2.96. The Morgan fingerprint density at radius 1 is 0.520 bits per heavy atom. The molecular weight excluding hydrogens is 621 g/mol. The van der Waals surface area contributed by atoms with Crippen LogP contribution in [0.15, 0.2) is 146 Å². The fourth-order valence-electron chi connectivity index (χ4n) is 7.36. The highest BCUT2D eigenvalue weighted by Crippen LogP contribution is 2.62. The first kappa shape index (κ1) is 26.9. The molecule has 50 heavy (non-hydrogen) atoms. The van der Waals surface area contributed by atoms with Gasteiger partial charge in [-0.25, -0.2) is 9.97 Å². The van der Waals surface area contributed by atoms with Crippen LogP contribution in [0.5, 0.6) is 23.0 Å². The van der Waals surface area contributed by atoms with Crippen molar-refractivity contribution in [2.75, 3.05) is 4.90 Å². The van der Waals surface area contributed by atoms with Gasteiger partial charge in [0.2, 0.25) is 5.95 Å². The van der Waals surface area contributed by atoms with Crippen molar-refractivity contribution in [1.82, 2.24) is 24.5 Å².